The number of phosphoric acid groups is 1. The van der Waals surface area contributed by atoms with Crippen molar-refractivity contribution in [3.8, 4) is 0 Å². The lowest BCUT2D eigenvalue weighted by atomic mass is 10.0. The Bertz CT molecular complexity index is 543. The van der Waals surface area contributed by atoms with Gasteiger partial charge in [-0.2, -0.15) is 0 Å². The number of phosphoric ester groups is 1. The highest BCUT2D eigenvalue weighted by Gasteiger charge is 2.24. The Morgan fingerprint density at radius 1 is 0.632 bits per heavy atom. The summed E-state index contributed by atoms with van der Waals surface area (Å²) in [5.41, 5.74) is 0. The van der Waals surface area contributed by atoms with Crippen LogP contribution in [0.2, 0.25) is 0 Å². The molecule has 0 fully saturated rings. The second-order valence-corrected chi connectivity index (χ2v) is 13.5. The van der Waals surface area contributed by atoms with Crippen molar-refractivity contribution in [3.05, 3.63) is 0 Å². The molecule has 0 bridgehead atoms. The van der Waals surface area contributed by atoms with Gasteiger partial charge in [-0.1, -0.05) is 129 Å². The van der Waals surface area contributed by atoms with Crippen molar-refractivity contribution in [3.63, 3.8) is 0 Å². The lowest BCUT2D eigenvalue weighted by molar-refractivity contribution is -0.870. The topological polar surface area (TPSA) is 85.2 Å². The quantitative estimate of drug-likeness (QED) is 0.0520. The molecule has 0 spiro atoms. The third kappa shape index (κ3) is 29.0. The molecule has 2 unspecified atom stereocenters. The Labute approximate surface area is 236 Å². The fourth-order valence-corrected chi connectivity index (χ4v) is 5.15. The molecule has 2 atom stereocenters. The molecule has 230 valence electrons. The highest BCUT2D eigenvalue weighted by molar-refractivity contribution is 7.47. The first-order chi connectivity index (χ1) is 18.2. The number of rotatable bonds is 30. The Morgan fingerprint density at radius 2 is 1.03 bits per heavy atom. The Hall–Kier alpha value is -0.0100. The molecule has 0 amide bonds. The van der Waals surface area contributed by atoms with E-state index in [1.165, 1.54) is 116 Å². The third-order valence-corrected chi connectivity index (χ3v) is 7.98. The zero-order valence-corrected chi connectivity index (χ0v) is 26.6. The van der Waals surface area contributed by atoms with E-state index in [2.05, 4.69) is 6.92 Å². The molecule has 2 N–H and O–H groups in total. The number of ether oxygens (including phenoxy) is 1. The number of quaternary nitrogens is 1. The van der Waals surface area contributed by atoms with Gasteiger partial charge in [-0.3, -0.25) is 9.05 Å². The van der Waals surface area contributed by atoms with Crippen LogP contribution in [0.5, 0.6) is 0 Å². The molecule has 0 aliphatic heterocycles. The van der Waals surface area contributed by atoms with Crippen molar-refractivity contribution in [2.45, 2.75) is 141 Å². The van der Waals surface area contributed by atoms with E-state index in [-0.39, 0.29) is 19.8 Å². The molecule has 0 aliphatic carbocycles. The molecule has 7 nitrogen and oxygen atoms in total. The highest BCUT2D eigenvalue weighted by Crippen LogP contribution is 2.43. The maximum atomic E-state index is 12.0. The summed E-state index contributed by atoms with van der Waals surface area (Å²) in [7, 11) is 1.80. The third-order valence-electron chi connectivity index (χ3n) is 7.00. The first-order valence-corrected chi connectivity index (χ1v) is 17.3. The number of aliphatic hydroxyl groups excluding tert-OH is 1. The Morgan fingerprint density at radius 3 is 1.39 bits per heavy atom. The predicted molar refractivity (Wildman–Crippen MR) is 159 cm³/mol. The first-order valence-electron chi connectivity index (χ1n) is 15.8. The van der Waals surface area contributed by atoms with E-state index in [1.54, 1.807) is 0 Å². The van der Waals surface area contributed by atoms with Gasteiger partial charge >= 0.3 is 7.82 Å². The molecule has 0 aromatic carbocycles. The molecule has 8 heteroatoms. The smallest absolute Gasteiger partial charge is 0.394 e. The van der Waals surface area contributed by atoms with Gasteiger partial charge in [0, 0.05) is 6.61 Å². The van der Waals surface area contributed by atoms with Crippen LogP contribution in [-0.4, -0.2) is 74.7 Å². The van der Waals surface area contributed by atoms with Gasteiger partial charge in [-0.25, -0.2) is 4.57 Å². The van der Waals surface area contributed by atoms with E-state index < -0.39 is 13.9 Å². The van der Waals surface area contributed by atoms with Crippen LogP contribution in [0.4, 0.5) is 0 Å². The molecule has 0 saturated heterocycles. The first kappa shape index (κ1) is 38.0. The lowest BCUT2D eigenvalue weighted by Gasteiger charge is -2.24. The van der Waals surface area contributed by atoms with Crippen LogP contribution in [0.1, 0.15) is 135 Å². The number of likely N-dealkylation sites (N-methyl/N-ethyl adjacent to an activating group) is 1. The summed E-state index contributed by atoms with van der Waals surface area (Å²) in [5, 5.41) is 9.45. The van der Waals surface area contributed by atoms with Crippen molar-refractivity contribution in [1.82, 2.24) is 0 Å². The molecule has 0 rings (SSSR count). The predicted octanol–water partition coefficient (Wildman–Crippen LogP) is 8.03. The van der Waals surface area contributed by atoms with Crippen molar-refractivity contribution in [1.29, 1.82) is 0 Å². The SMILES string of the molecule is CCCCCCCCCCCCCCCCCCCCCCOC(CO)COP(=O)(O)OCC[N+](C)(C)C. The minimum Gasteiger partial charge on any atom is -0.394 e. The van der Waals surface area contributed by atoms with Crippen molar-refractivity contribution < 1.29 is 32.8 Å². The largest absolute Gasteiger partial charge is 0.472 e. The Kier molecular flexibility index (Phi) is 25.9. The summed E-state index contributed by atoms with van der Waals surface area (Å²) in [6.07, 6.45) is 26.3. The van der Waals surface area contributed by atoms with Gasteiger partial charge < -0.3 is 19.2 Å². The number of nitrogens with zero attached hydrogens (tertiary/aromatic N) is 1. The highest BCUT2D eigenvalue weighted by atomic mass is 31.2. The van der Waals surface area contributed by atoms with Crippen LogP contribution >= 0.6 is 7.82 Å². The minimum absolute atomic E-state index is 0.126. The second kappa shape index (κ2) is 25.9. The standard InChI is InChI=1S/C30H64NO6P/c1-5-6-7-8-9-10-11-12-13-14-15-16-17-18-19-20-21-22-23-24-26-35-30(28-32)29-37-38(33,34)36-27-25-31(2,3)4/h30,32H,5-29H2,1-4H3/p+1. The molecule has 0 aliphatic rings. The van der Waals surface area contributed by atoms with Gasteiger partial charge in [0.25, 0.3) is 0 Å². The summed E-state index contributed by atoms with van der Waals surface area (Å²) in [5.74, 6) is 0. The molecular formula is C30H65NO6P+. The van der Waals surface area contributed by atoms with Crippen LogP contribution in [0.25, 0.3) is 0 Å². The van der Waals surface area contributed by atoms with Crippen molar-refractivity contribution in [2.24, 2.45) is 0 Å². The van der Waals surface area contributed by atoms with Gasteiger partial charge in [0.2, 0.25) is 0 Å². The van der Waals surface area contributed by atoms with Gasteiger partial charge in [0.15, 0.2) is 0 Å². The molecule has 0 aromatic rings. The number of unbranched alkanes of at least 4 members (excludes halogenated alkanes) is 19. The fraction of sp³-hybridized carbons (Fsp3) is 1.00. The average Bonchev–Trinajstić information content (AvgIpc) is 2.85. The molecule has 0 heterocycles. The van der Waals surface area contributed by atoms with Crippen LogP contribution in [0.15, 0.2) is 0 Å². The van der Waals surface area contributed by atoms with Gasteiger partial charge in [-0.15, -0.1) is 0 Å². The van der Waals surface area contributed by atoms with E-state index in [4.69, 9.17) is 13.8 Å². The zero-order valence-electron chi connectivity index (χ0n) is 25.7. The summed E-state index contributed by atoms with van der Waals surface area (Å²) < 4.78 is 28.2. The summed E-state index contributed by atoms with van der Waals surface area (Å²) in [6.45, 7) is 3.11. The van der Waals surface area contributed by atoms with E-state index in [0.29, 0.717) is 17.6 Å². The van der Waals surface area contributed by atoms with Crippen LogP contribution < -0.4 is 0 Å². The Balaban J connectivity index is 3.43. The van der Waals surface area contributed by atoms with Gasteiger partial charge in [0.1, 0.15) is 19.3 Å². The monoisotopic (exact) mass is 566 g/mol. The molecular weight excluding hydrogens is 501 g/mol. The number of hydrogen-bond acceptors (Lipinski definition) is 5. The van der Waals surface area contributed by atoms with E-state index >= 15 is 0 Å². The number of hydrogen-bond donors (Lipinski definition) is 2. The fourth-order valence-electron chi connectivity index (χ4n) is 4.41. The normalized spacial score (nSPS) is 14.6. The number of aliphatic hydroxyl groups is 1. The maximum Gasteiger partial charge on any atom is 0.472 e. The summed E-state index contributed by atoms with van der Waals surface area (Å²) in [4.78, 5) is 9.77. The molecule has 0 radical (unpaired) electrons. The average molecular weight is 567 g/mol. The zero-order chi connectivity index (χ0) is 28.4. The summed E-state index contributed by atoms with van der Waals surface area (Å²) >= 11 is 0. The molecule has 38 heavy (non-hydrogen) atoms. The van der Waals surface area contributed by atoms with Gasteiger partial charge in [0.05, 0.1) is 34.4 Å². The molecule has 0 aromatic heterocycles. The van der Waals surface area contributed by atoms with Gasteiger partial charge in [-0.05, 0) is 6.42 Å². The van der Waals surface area contributed by atoms with Crippen LogP contribution in [0.3, 0.4) is 0 Å². The molecule has 0 saturated carbocycles. The van der Waals surface area contributed by atoms with E-state index in [9.17, 15) is 14.6 Å². The minimum atomic E-state index is -4.13. The van der Waals surface area contributed by atoms with E-state index in [1.807, 2.05) is 21.1 Å². The van der Waals surface area contributed by atoms with Crippen LogP contribution in [0, 0.1) is 0 Å². The van der Waals surface area contributed by atoms with Crippen LogP contribution in [-0.2, 0) is 18.3 Å². The second-order valence-electron chi connectivity index (χ2n) is 12.0. The van der Waals surface area contributed by atoms with Crippen molar-refractivity contribution in [2.75, 3.05) is 54.1 Å². The summed E-state index contributed by atoms with van der Waals surface area (Å²) in [6, 6.07) is 0. The van der Waals surface area contributed by atoms with Crippen molar-refractivity contribution >= 4 is 7.82 Å². The lowest BCUT2D eigenvalue weighted by Crippen LogP contribution is -2.37. The van der Waals surface area contributed by atoms with E-state index in [0.717, 1.165) is 12.8 Å². The maximum absolute atomic E-state index is 12.0.